The molecule has 0 spiro atoms. The van der Waals surface area contributed by atoms with Crippen molar-refractivity contribution in [3.05, 3.63) is 11.4 Å². The first-order valence-electron chi connectivity index (χ1n) is 5.91. The van der Waals surface area contributed by atoms with Crippen molar-refractivity contribution < 1.29 is 13.2 Å². The molecule has 2 heterocycles. The summed E-state index contributed by atoms with van der Waals surface area (Å²) in [7, 11) is -1.92. The second-order valence-electron chi connectivity index (χ2n) is 4.36. The van der Waals surface area contributed by atoms with E-state index in [4.69, 9.17) is 10.5 Å². The van der Waals surface area contributed by atoms with Crippen molar-refractivity contribution in [3.8, 4) is 5.75 Å². The van der Waals surface area contributed by atoms with E-state index in [9.17, 15) is 8.42 Å². The van der Waals surface area contributed by atoms with Crippen LogP contribution in [0, 0.1) is 5.92 Å². The van der Waals surface area contributed by atoms with Crippen LogP contribution in [-0.4, -0.2) is 39.5 Å². The number of nitrogens with two attached hydrogens (primary N) is 1. The zero-order valence-corrected chi connectivity index (χ0v) is 12.0. The van der Waals surface area contributed by atoms with Crippen LogP contribution in [-0.2, 0) is 10.0 Å². The van der Waals surface area contributed by atoms with E-state index in [1.165, 1.54) is 22.8 Å². The molecule has 1 aromatic rings. The molecule has 102 valence electrons. The van der Waals surface area contributed by atoms with E-state index in [1.54, 1.807) is 11.4 Å². The first kappa shape index (κ1) is 13.8. The lowest BCUT2D eigenvalue weighted by atomic mass is 9.99. The van der Waals surface area contributed by atoms with Crippen LogP contribution in [0.15, 0.2) is 15.7 Å². The van der Waals surface area contributed by atoms with E-state index < -0.39 is 10.0 Å². The highest BCUT2D eigenvalue weighted by molar-refractivity contribution is 7.91. The van der Waals surface area contributed by atoms with Gasteiger partial charge in [0.05, 0.1) is 7.11 Å². The molecule has 0 saturated carbocycles. The summed E-state index contributed by atoms with van der Waals surface area (Å²) < 4.78 is 31.8. The van der Waals surface area contributed by atoms with Gasteiger partial charge in [0.1, 0.15) is 5.75 Å². The monoisotopic (exact) mass is 290 g/mol. The van der Waals surface area contributed by atoms with Gasteiger partial charge in [0.25, 0.3) is 10.0 Å². The normalized spacial score (nSPS) is 19.0. The number of thiophene rings is 1. The fourth-order valence-electron chi connectivity index (χ4n) is 2.13. The van der Waals surface area contributed by atoms with E-state index >= 15 is 0 Å². The molecular formula is C11H18N2O3S2. The number of methoxy groups -OCH3 is 1. The number of nitrogens with zero attached hydrogens (tertiary/aromatic N) is 1. The number of ether oxygens (including phenoxy) is 1. The Hall–Kier alpha value is -0.630. The fraction of sp³-hybridized carbons (Fsp3) is 0.636. The van der Waals surface area contributed by atoms with Crippen LogP contribution in [0.3, 0.4) is 0 Å². The maximum absolute atomic E-state index is 12.4. The molecule has 1 fully saturated rings. The predicted octanol–water partition coefficient (Wildman–Crippen LogP) is 1.12. The molecule has 2 rings (SSSR count). The van der Waals surface area contributed by atoms with Crippen LogP contribution < -0.4 is 10.5 Å². The van der Waals surface area contributed by atoms with E-state index in [-0.39, 0.29) is 0 Å². The lowest BCUT2D eigenvalue weighted by Crippen LogP contribution is -2.39. The Kier molecular flexibility index (Phi) is 4.26. The number of piperidine rings is 1. The van der Waals surface area contributed by atoms with Gasteiger partial charge >= 0.3 is 0 Å². The van der Waals surface area contributed by atoms with E-state index in [0.717, 1.165) is 12.8 Å². The van der Waals surface area contributed by atoms with Crippen LogP contribution in [0.4, 0.5) is 0 Å². The van der Waals surface area contributed by atoms with Gasteiger partial charge in [0.15, 0.2) is 4.21 Å². The summed E-state index contributed by atoms with van der Waals surface area (Å²) in [6, 6.07) is 1.68. The van der Waals surface area contributed by atoms with Crippen molar-refractivity contribution in [1.82, 2.24) is 4.31 Å². The number of rotatable bonds is 4. The molecule has 1 aliphatic heterocycles. The van der Waals surface area contributed by atoms with Gasteiger partial charge in [0.2, 0.25) is 0 Å². The average molecular weight is 290 g/mol. The Morgan fingerprint density at radius 1 is 1.50 bits per heavy atom. The summed E-state index contributed by atoms with van der Waals surface area (Å²) in [5.74, 6) is 0.877. The van der Waals surface area contributed by atoms with Crippen molar-refractivity contribution in [3.63, 3.8) is 0 Å². The Balaban J connectivity index is 2.17. The third kappa shape index (κ3) is 2.54. The van der Waals surface area contributed by atoms with Gasteiger partial charge < -0.3 is 10.5 Å². The van der Waals surface area contributed by atoms with Gasteiger partial charge in [-0.2, -0.15) is 4.31 Å². The van der Waals surface area contributed by atoms with Crippen molar-refractivity contribution in [2.45, 2.75) is 17.1 Å². The summed E-state index contributed by atoms with van der Waals surface area (Å²) in [6.45, 7) is 1.73. The van der Waals surface area contributed by atoms with E-state index in [1.807, 2.05) is 0 Å². The van der Waals surface area contributed by atoms with Gasteiger partial charge in [-0.25, -0.2) is 8.42 Å². The smallest absolute Gasteiger partial charge is 0.256 e. The Morgan fingerprint density at radius 3 is 2.72 bits per heavy atom. The van der Waals surface area contributed by atoms with Crippen LogP contribution in [0.1, 0.15) is 12.8 Å². The number of hydrogen-bond donors (Lipinski definition) is 1. The minimum atomic E-state index is -3.41. The quantitative estimate of drug-likeness (QED) is 0.902. The van der Waals surface area contributed by atoms with Gasteiger partial charge in [-0.05, 0) is 36.8 Å². The standard InChI is InChI=1S/C11H18N2O3S2/c1-16-10-4-7-17-11(10)18(14,15)13-5-2-9(8-12)3-6-13/h4,7,9H,2-3,5-6,8,12H2,1H3. The summed E-state index contributed by atoms with van der Waals surface area (Å²) in [5.41, 5.74) is 5.61. The average Bonchev–Trinajstić information content (AvgIpc) is 2.88. The zero-order chi connectivity index (χ0) is 13.2. The lowest BCUT2D eigenvalue weighted by molar-refractivity contribution is 0.278. The third-order valence-corrected chi connectivity index (χ3v) is 6.62. The van der Waals surface area contributed by atoms with Crippen molar-refractivity contribution in [2.75, 3.05) is 26.7 Å². The van der Waals surface area contributed by atoms with Crippen LogP contribution >= 0.6 is 11.3 Å². The van der Waals surface area contributed by atoms with Crippen molar-refractivity contribution >= 4 is 21.4 Å². The molecule has 18 heavy (non-hydrogen) atoms. The summed E-state index contributed by atoms with van der Waals surface area (Å²) >= 11 is 1.20. The molecule has 0 unspecified atom stereocenters. The van der Waals surface area contributed by atoms with Gasteiger partial charge in [-0.3, -0.25) is 0 Å². The maximum atomic E-state index is 12.4. The highest BCUT2D eigenvalue weighted by Gasteiger charge is 2.31. The van der Waals surface area contributed by atoms with Crippen LogP contribution in [0.5, 0.6) is 5.75 Å². The Labute approximate surface area is 112 Å². The molecule has 0 amide bonds. The minimum Gasteiger partial charge on any atom is -0.494 e. The predicted molar refractivity (Wildman–Crippen MR) is 71.4 cm³/mol. The van der Waals surface area contributed by atoms with Crippen molar-refractivity contribution in [1.29, 1.82) is 0 Å². The molecule has 1 saturated heterocycles. The van der Waals surface area contributed by atoms with Gasteiger partial charge in [0, 0.05) is 13.1 Å². The molecule has 0 bridgehead atoms. The molecule has 5 nitrogen and oxygen atoms in total. The molecule has 1 aromatic heterocycles. The molecule has 7 heteroatoms. The SMILES string of the molecule is COc1ccsc1S(=O)(=O)N1CCC(CN)CC1. The van der Waals surface area contributed by atoms with Gasteiger partial charge in [-0.1, -0.05) is 0 Å². The summed E-state index contributed by atoms with van der Waals surface area (Å²) in [5, 5.41) is 1.73. The number of sulfonamides is 1. The molecule has 1 aliphatic rings. The molecule has 0 radical (unpaired) electrons. The zero-order valence-electron chi connectivity index (χ0n) is 10.3. The Bertz CT molecular complexity index is 490. The topological polar surface area (TPSA) is 72.6 Å². The lowest BCUT2D eigenvalue weighted by Gasteiger charge is -2.30. The summed E-state index contributed by atoms with van der Waals surface area (Å²) in [4.78, 5) is 0. The highest BCUT2D eigenvalue weighted by atomic mass is 32.2. The summed E-state index contributed by atoms with van der Waals surface area (Å²) in [6.07, 6.45) is 1.67. The minimum absolute atomic E-state index is 0.302. The second-order valence-corrected chi connectivity index (χ2v) is 7.41. The first-order valence-corrected chi connectivity index (χ1v) is 8.23. The molecule has 0 aromatic carbocycles. The van der Waals surface area contributed by atoms with Crippen LogP contribution in [0.25, 0.3) is 0 Å². The van der Waals surface area contributed by atoms with Crippen LogP contribution in [0.2, 0.25) is 0 Å². The molecule has 2 N–H and O–H groups in total. The number of hydrogen-bond acceptors (Lipinski definition) is 5. The van der Waals surface area contributed by atoms with Crippen molar-refractivity contribution in [2.24, 2.45) is 11.7 Å². The molecule has 0 aliphatic carbocycles. The fourth-order valence-corrected chi connectivity index (χ4v) is 5.01. The van der Waals surface area contributed by atoms with E-state index in [0.29, 0.717) is 35.5 Å². The third-order valence-electron chi connectivity index (χ3n) is 3.30. The first-order chi connectivity index (χ1) is 8.59. The second kappa shape index (κ2) is 5.56. The van der Waals surface area contributed by atoms with E-state index in [2.05, 4.69) is 0 Å². The molecular weight excluding hydrogens is 272 g/mol. The molecule has 0 atom stereocenters. The Morgan fingerprint density at radius 2 is 2.17 bits per heavy atom. The van der Waals surface area contributed by atoms with Gasteiger partial charge in [-0.15, -0.1) is 11.3 Å². The highest BCUT2D eigenvalue weighted by Crippen LogP contribution is 2.33. The largest absolute Gasteiger partial charge is 0.494 e. The maximum Gasteiger partial charge on any atom is 0.256 e.